The van der Waals surface area contributed by atoms with Gasteiger partial charge in [-0.25, -0.2) is 0 Å². The van der Waals surface area contributed by atoms with Crippen LogP contribution in [0.25, 0.3) is 3.58 Å². The molecular weight excluding hydrogens is 547 g/mol. The summed E-state index contributed by atoms with van der Waals surface area (Å²) < 4.78 is 11.9. The zero-order chi connectivity index (χ0) is 26.0. The topological polar surface area (TPSA) is 38.7 Å². The second-order valence-corrected chi connectivity index (χ2v) is 12.1. The van der Waals surface area contributed by atoms with Crippen molar-refractivity contribution in [2.45, 2.75) is 58.3 Å². The van der Waals surface area contributed by atoms with E-state index in [1.807, 2.05) is 24.3 Å². The van der Waals surface area contributed by atoms with Gasteiger partial charge in [-0.15, -0.1) is 0 Å². The molecule has 0 radical (unpaired) electrons. The van der Waals surface area contributed by atoms with Crippen molar-refractivity contribution < 1.29 is 14.6 Å². The molecule has 3 aromatic carbocycles. The summed E-state index contributed by atoms with van der Waals surface area (Å²) in [6.45, 7) is 12.9. The summed E-state index contributed by atoms with van der Waals surface area (Å²) in [4.78, 5) is 0. The average Bonchev–Trinajstić information content (AvgIpc) is 2.81. The minimum Gasteiger partial charge on any atom is -0.507 e. The first kappa shape index (κ1) is 27.1. The molecule has 0 amide bonds. The van der Waals surface area contributed by atoms with Crippen LogP contribution in [-0.2, 0) is 10.8 Å². The van der Waals surface area contributed by atoms with Crippen molar-refractivity contribution in [3.8, 4) is 17.2 Å². The fourth-order valence-electron chi connectivity index (χ4n) is 4.17. The Bertz CT molecular complexity index is 1140. The standard InChI is InChI=1S/C31H37IO3/c1-30(2,3)26-17-22(18-27(29(26)33)31(4,5)6)25(20-9-13-23(34-7)14-10-20)19-28(32)21-11-15-24(35-8)16-12-21/h9-19,25,33H,1-8H3. The number of phenolic OH excluding ortho intramolecular Hbond substituents is 1. The van der Waals surface area contributed by atoms with Crippen LogP contribution in [0.5, 0.6) is 17.2 Å². The molecule has 0 aromatic heterocycles. The van der Waals surface area contributed by atoms with Crippen molar-refractivity contribution in [1.82, 2.24) is 0 Å². The third-order valence-electron chi connectivity index (χ3n) is 6.26. The maximum atomic E-state index is 11.3. The molecule has 1 unspecified atom stereocenters. The lowest BCUT2D eigenvalue weighted by molar-refractivity contribution is 0.414. The molecule has 186 valence electrons. The molecule has 4 heteroatoms. The van der Waals surface area contributed by atoms with Gasteiger partial charge in [-0.2, -0.15) is 0 Å². The maximum absolute atomic E-state index is 11.3. The van der Waals surface area contributed by atoms with Gasteiger partial charge in [-0.1, -0.05) is 84.0 Å². The van der Waals surface area contributed by atoms with Crippen LogP contribution in [0.2, 0.25) is 0 Å². The van der Waals surface area contributed by atoms with E-state index in [1.165, 1.54) is 5.56 Å². The van der Waals surface area contributed by atoms with Gasteiger partial charge in [0, 0.05) is 9.50 Å². The largest absolute Gasteiger partial charge is 0.507 e. The van der Waals surface area contributed by atoms with Gasteiger partial charge < -0.3 is 14.6 Å². The van der Waals surface area contributed by atoms with Crippen molar-refractivity contribution in [3.05, 3.63) is 94.6 Å². The van der Waals surface area contributed by atoms with Gasteiger partial charge in [0.15, 0.2) is 0 Å². The molecule has 0 fully saturated rings. The normalized spacial score (nSPS) is 13.5. The Morgan fingerprint density at radius 2 is 1.17 bits per heavy atom. The van der Waals surface area contributed by atoms with E-state index in [1.54, 1.807) is 14.2 Å². The SMILES string of the molecule is COc1ccc(C(I)=CC(c2ccc(OC)cc2)c2cc(C(C)(C)C)c(O)c(C(C)(C)C)c2)cc1. The van der Waals surface area contributed by atoms with Crippen LogP contribution in [0.3, 0.4) is 0 Å². The summed E-state index contributed by atoms with van der Waals surface area (Å²) in [6.07, 6.45) is 2.30. The minimum absolute atomic E-state index is 0.00212. The fourth-order valence-corrected chi connectivity index (χ4v) is 4.89. The summed E-state index contributed by atoms with van der Waals surface area (Å²) in [6, 6.07) is 20.7. The lowest BCUT2D eigenvalue weighted by Crippen LogP contribution is -2.18. The first-order valence-corrected chi connectivity index (χ1v) is 13.0. The Labute approximate surface area is 224 Å². The molecule has 3 nitrogen and oxygen atoms in total. The third kappa shape index (κ3) is 6.40. The molecule has 3 aromatic rings. The third-order valence-corrected chi connectivity index (χ3v) is 7.24. The van der Waals surface area contributed by atoms with Crippen LogP contribution >= 0.6 is 22.6 Å². The fraction of sp³-hybridized carbons (Fsp3) is 0.355. The highest BCUT2D eigenvalue weighted by molar-refractivity contribution is 14.1. The van der Waals surface area contributed by atoms with E-state index in [9.17, 15) is 5.11 Å². The van der Waals surface area contributed by atoms with E-state index in [4.69, 9.17) is 9.47 Å². The number of ether oxygens (including phenoxy) is 2. The monoisotopic (exact) mass is 584 g/mol. The number of rotatable bonds is 6. The smallest absolute Gasteiger partial charge is 0.123 e. The highest BCUT2D eigenvalue weighted by Crippen LogP contribution is 2.43. The zero-order valence-corrected chi connectivity index (χ0v) is 24.2. The first-order valence-electron chi connectivity index (χ1n) is 11.9. The molecule has 3 rings (SSSR count). The number of benzene rings is 3. The van der Waals surface area contributed by atoms with E-state index in [0.29, 0.717) is 5.75 Å². The first-order chi connectivity index (χ1) is 16.3. The minimum atomic E-state index is -0.197. The zero-order valence-electron chi connectivity index (χ0n) is 22.1. The van der Waals surface area contributed by atoms with Crippen molar-refractivity contribution >= 4 is 26.2 Å². The molecule has 0 spiro atoms. The lowest BCUT2D eigenvalue weighted by atomic mass is 9.76. The number of allylic oxidation sites excluding steroid dienone is 1. The number of phenols is 1. The molecular formula is C31H37IO3. The Kier molecular flexibility index (Phi) is 8.25. The van der Waals surface area contributed by atoms with Crippen molar-refractivity contribution in [2.24, 2.45) is 0 Å². The van der Waals surface area contributed by atoms with Crippen LogP contribution in [0.15, 0.2) is 66.7 Å². The summed E-state index contributed by atoms with van der Waals surface area (Å²) in [5, 5.41) is 11.3. The molecule has 0 saturated carbocycles. The molecule has 1 N–H and O–H groups in total. The molecule has 0 bridgehead atoms. The molecule has 1 atom stereocenters. The van der Waals surface area contributed by atoms with Gasteiger partial charge in [-0.3, -0.25) is 0 Å². The number of hydrogen-bond acceptors (Lipinski definition) is 3. The van der Waals surface area contributed by atoms with Crippen molar-refractivity contribution in [3.63, 3.8) is 0 Å². The highest BCUT2D eigenvalue weighted by atomic mass is 127. The van der Waals surface area contributed by atoms with E-state index < -0.39 is 0 Å². The maximum Gasteiger partial charge on any atom is 0.123 e. The predicted octanol–water partition coefficient (Wildman–Crippen LogP) is 8.61. The summed E-state index contributed by atoms with van der Waals surface area (Å²) >= 11 is 2.42. The second kappa shape index (κ2) is 10.7. The van der Waals surface area contributed by atoms with Crippen LogP contribution in [0, 0.1) is 0 Å². The summed E-state index contributed by atoms with van der Waals surface area (Å²) in [5.74, 6) is 2.07. The van der Waals surface area contributed by atoms with Crippen LogP contribution < -0.4 is 9.47 Å². The Hall–Kier alpha value is -2.47. The van der Waals surface area contributed by atoms with Gasteiger partial charge in [0.25, 0.3) is 0 Å². The molecule has 0 aliphatic rings. The molecule has 0 heterocycles. The molecule has 35 heavy (non-hydrogen) atoms. The number of aromatic hydroxyl groups is 1. The quantitative estimate of drug-likeness (QED) is 0.295. The van der Waals surface area contributed by atoms with E-state index in [0.717, 1.165) is 37.3 Å². The van der Waals surface area contributed by atoms with Crippen molar-refractivity contribution in [2.75, 3.05) is 14.2 Å². The Balaban J connectivity index is 2.25. The number of halogens is 1. The predicted molar refractivity (Wildman–Crippen MR) is 155 cm³/mol. The van der Waals surface area contributed by atoms with E-state index in [-0.39, 0.29) is 16.7 Å². The molecule has 0 aliphatic carbocycles. The molecule has 0 aliphatic heterocycles. The summed E-state index contributed by atoms with van der Waals surface area (Å²) in [5.41, 5.74) is 4.99. The van der Waals surface area contributed by atoms with Gasteiger partial charge in [-0.05, 0) is 85.5 Å². The Morgan fingerprint density at radius 3 is 1.57 bits per heavy atom. The molecule has 0 saturated heterocycles. The van der Waals surface area contributed by atoms with Gasteiger partial charge in [0.1, 0.15) is 17.2 Å². The van der Waals surface area contributed by atoms with Gasteiger partial charge in [0.05, 0.1) is 14.2 Å². The van der Waals surface area contributed by atoms with E-state index >= 15 is 0 Å². The van der Waals surface area contributed by atoms with Gasteiger partial charge >= 0.3 is 0 Å². The van der Waals surface area contributed by atoms with E-state index in [2.05, 4.69) is 107 Å². The number of methoxy groups -OCH3 is 2. The average molecular weight is 585 g/mol. The van der Waals surface area contributed by atoms with Gasteiger partial charge in [0.2, 0.25) is 0 Å². The number of hydrogen-bond donors (Lipinski definition) is 1. The lowest BCUT2D eigenvalue weighted by Gasteiger charge is -2.29. The highest BCUT2D eigenvalue weighted by Gasteiger charge is 2.28. The van der Waals surface area contributed by atoms with Crippen LogP contribution in [0.1, 0.15) is 75.3 Å². The second-order valence-electron chi connectivity index (χ2n) is 11.0. The van der Waals surface area contributed by atoms with Crippen LogP contribution in [0.4, 0.5) is 0 Å². The Morgan fingerprint density at radius 1 is 0.743 bits per heavy atom. The summed E-state index contributed by atoms with van der Waals surface area (Å²) in [7, 11) is 3.37. The van der Waals surface area contributed by atoms with Crippen LogP contribution in [-0.4, -0.2) is 19.3 Å². The van der Waals surface area contributed by atoms with Crippen molar-refractivity contribution in [1.29, 1.82) is 0 Å².